The molecule has 1 aromatic carbocycles. The molecule has 2 bridgehead atoms. The molecule has 1 saturated carbocycles. The first kappa shape index (κ1) is 14.5. The van der Waals surface area contributed by atoms with Crippen LogP contribution < -0.4 is 0 Å². The highest BCUT2D eigenvalue weighted by atomic mass is 16.5. The maximum atomic E-state index is 13.0. The molecular formula is C19H21NO3. The van der Waals surface area contributed by atoms with E-state index in [1.807, 2.05) is 23.1 Å². The van der Waals surface area contributed by atoms with Crippen LogP contribution in [-0.4, -0.2) is 36.0 Å². The van der Waals surface area contributed by atoms with E-state index in [2.05, 4.69) is 18.2 Å². The third-order valence-corrected chi connectivity index (χ3v) is 5.51. The molecule has 2 aliphatic heterocycles. The summed E-state index contributed by atoms with van der Waals surface area (Å²) < 4.78 is 4.87. The van der Waals surface area contributed by atoms with Gasteiger partial charge >= 0.3 is 5.97 Å². The molecule has 1 amide bonds. The molecular weight excluding hydrogens is 290 g/mol. The largest absolute Gasteiger partial charge is 0.468 e. The predicted molar refractivity (Wildman–Crippen MR) is 86.4 cm³/mol. The van der Waals surface area contributed by atoms with Crippen LogP contribution >= 0.6 is 0 Å². The van der Waals surface area contributed by atoms with Crippen LogP contribution in [0.3, 0.4) is 0 Å². The van der Waals surface area contributed by atoms with Crippen molar-refractivity contribution in [1.29, 1.82) is 0 Å². The van der Waals surface area contributed by atoms with Crippen molar-refractivity contribution in [3.63, 3.8) is 0 Å². The summed E-state index contributed by atoms with van der Waals surface area (Å²) in [5.74, 6) is -0.375. The Bertz CT molecular complexity index is 675. The summed E-state index contributed by atoms with van der Waals surface area (Å²) in [4.78, 5) is 27.0. The van der Waals surface area contributed by atoms with E-state index >= 15 is 0 Å². The molecule has 2 atom stereocenters. The third kappa shape index (κ3) is 2.19. The van der Waals surface area contributed by atoms with Gasteiger partial charge in [0.15, 0.2) is 0 Å². The molecule has 1 saturated heterocycles. The summed E-state index contributed by atoms with van der Waals surface area (Å²) in [5.41, 5.74) is 1.68. The zero-order valence-corrected chi connectivity index (χ0v) is 13.3. The number of nitrogens with zero attached hydrogens (tertiary/aromatic N) is 1. The van der Waals surface area contributed by atoms with Crippen LogP contribution in [0.5, 0.6) is 0 Å². The summed E-state index contributed by atoms with van der Waals surface area (Å²) in [5, 5.41) is 0. The van der Waals surface area contributed by atoms with E-state index in [9.17, 15) is 9.59 Å². The molecule has 0 N–H and O–H groups in total. The zero-order valence-electron chi connectivity index (χ0n) is 13.3. The molecule has 4 heteroatoms. The van der Waals surface area contributed by atoms with Crippen molar-refractivity contribution < 1.29 is 14.3 Å². The maximum Gasteiger partial charge on any atom is 0.321 e. The Morgan fingerprint density at radius 1 is 1.17 bits per heavy atom. The highest BCUT2D eigenvalue weighted by Crippen LogP contribution is 2.51. The number of esters is 1. The molecule has 0 unspecified atom stereocenters. The van der Waals surface area contributed by atoms with E-state index in [1.165, 1.54) is 18.2 Å². The van der Waals surface area contributed by atoms with Crippen LogP contribution in [-0.2, 0) is 14.3 Å². The number of hydrogen-bond acceptors (Lipinski definition) is 3. The normalized spacial score (nSPS) is 27.3. The van der Waals surface area contributed by atoms with Crippen LogP contribution in [0.15, 0.2) is 36.4 Å². The van der Waals surface area contributed by atoms with Crippen LogP contribution in [0, 0.1) is 5.41 Å². The number of methoxy groups -OCH3 is 1. The number of benzene rings is 1. The van der Waals surface area contributed by atoms with E-state index in [0.29, 0.717) is 12.8 Å². The van der Waals surface area contributed by atoms with Gasteiger partial charge in [0.1, 0.15) is 5.41 Å². The van der Waals surface area contributed by atoms with E-state index < -0.39 is 5.41 Å². The molecule has 0 aromatic heterocycles. The Morgan fingerprint density at radius 3 is 2.52 bits per heavy atom. The molecule has 2 fully saturated rings. The van der Waals surface area contributed by atoms with Crippen molar-refractivity contribution in [1.82, 2.24) is 4.90 Å². The van der Waals surface area contributed by atoms with Gasteiger partial charge in [-0.25, -0.2) is 0 Å². The lowest BCUT2D eigenvalue weighted by molar-refractivity contribution is -0.157. The first-order chi connectivity index (χ1) is 11.2. The van der Waals surface area contributed by atoms with Crippen molar-refractivity contribution in [2.75, 3.05) is 7.11 Å². The summed E-state index contributed by atoms with van der Waals surface area (Å²) in [6, 6.07) is 10.7. The molecule has 120 valence electrons. The summed E-state index contributed by atoms with van der Waals surface area (Å²) in [7, 11) is 1.37. The number of carbonyl (C=O) groups is 2. The third-order valence-electron chi connectivity index (χ3n) is 5.51. The average Bonchev–Trinajstić information content (AvgIpc) is 3.36. The lowest BCUT2D eigenvalue weighted by Gasteiger charge is -2.36. The van der Waals surface area contributed by atoms with Crippen LogP contribution in [0.4, 0.5) is 0 Å². The smallest absolute Gasteiger partial charge is 0.321 e. The van der Waals surface area contributed by atoms with Crippen molar-refractivity contribution in [3.05, 3.63) is 42.0 Å². The minimum Gasteiger partial charge on any atom is -0.468 e. The van der Waals surface area contributed by atoms with Crippen LogP contribution in [0.2, 0.25) is 0 Å². The zero-order chi connectivity index (χ0) is 16.0. The molecule has 4 rings (SSSR count). The highest BCUT2D eigenvalue weighted by molar-refractivity contribution is 6.06. The van der Waals surface area contributed by atoms with Gasteiger partial charge in [0.05, 0.1) is 13.2 Å². The maximum absolute atomic E-state index is 13.0. The molecule has 3 aliphatic rings. The van der Waals surface area contributed by atoms with Gasteiger partial charge in [0.2, 0.25) is 5.91 Å². The number of rotatable bonds is 3. The second-order valence-electron chi connectivity index (χ2n) is 6.85. The minimum atomic E-state index is -0.881. The van der Waals surface area contributed by atoms with E-state index in [0.717, 1.165) is 19.3 Å². The van der Waals surface area contributed by atoms with Gasteiger partial charge < -0.3 is 9.64 Å². The Labute approximate surface area is 136 Å². The van der Waals surface area contributed by atoms with Crippen LogP contribution in [0.1, 0.15) is 37.7 Å². The van der Waals surface area contributed by atoms with E-state index in [4.69, 9.17) is 4.74 Å². The monoisotopic (exact) mass is 311 g/mol. The predicted octanol–water partition coefficient (Wildman–Crippen LogP) is 2.79. The lowest BCUT2D eigenvalue weighted by atomic mass is 9.93. The number of fused-ring (bicyclic) bond motifs is 2. The highest BCUT2D eigenvalue weighted by Gasteiger charge is 2.61. The first-order valence-electron chi connectivity index (χ1n) is 8.33. The Morgan fingerprint density at radius 2 is 1.91 bits per heavy atom. The Kier molecular flexibility index (Phi) is 3.29. The van der Waals surface area contributed by atoms with Gasteiger partial charge in [-0.1, -0.05) is 36.4 Å². The quantitative estimate of drug-likeness (QED) is 0.637. The average molecular weight is 311 g/mol. The molecule has 4 nitrogen and oxygen atoms in total. The van der Waals surface area contributed by atoms with Crippen molar-refractivity contribution in [3.8, 4) is 0 Å². The van der Waals surface area contributed by atoms with Crippen molar-refractivity contribution in [2.24, 2.45) is 5.41 Å². The fourth-order valence-electron chi connectivity index (χ4n) is 4.09. The van der Waals surface area contributed by atoms with Gasteiger partial charge in [-0.15, -0.1) is 0 Å². The molecule has 2 heterocycles. The standard InChI is InChI=1S/C19H21NO3/c1-23-18(22)19(9-10-19)17(21)20-15-7-8-16(20)12-14(11-15)13-5-3-2-4-6-13/h2-6,11,15-16H,7-10,12H2,1H3/t15-,16-/m1/s1. The van der Waals surface area contributed by atoms with Gasteiger partial charge in [0, 0.05) is 6.04 Å². The molecule has 1 aromatic rings. The minimum absolute atomic E-state index is 0.0137. The van der Waals surface area contributed by atoms with Crippen molar-refractivity contribution in [2.45, 2.75) is 44.2 Å². The fourth-order valence-corrected chi connectivity index (χ4v) is 4.09. The van der Waals surface area contributed by atoms with Crippen molar-refractivity contribution >= 4 is 17.4 Å². The summed E-state index contributed by atoms with van der Waals surface area (Å²) in [6.07, 6.45) is 6.37. The summed E-state index contributed by atoms with van der Waals surface area (Å²) in [6.45, 7) is 0. The Hall–Kier alpha value is -2.10. The number of hydrogen-bond donors (Lipinski definition) is 0. The Balaban J connectivity index is 1.60. The SMILES string of the molecule is COC(=O)C1(C(=O)N2[C@@H]3CC[C@@H]2C=C(c2ccccc2)C3)CC1. The number of carbonyl (C=O) groups excluding carboxylic acids is 2. The van der Waals surface area contributed by atoms with Gasteiger partial charge in [0.25, 0.3) is 0 Å². The first-order valence-corrected chi connectivity index (χ1v) is 8.33. The number of amides is 1. The van der Waals surface area contributed by atoms with Gasteiger partial charge in [-0.05, 0) is 43.2 Å². The number of ether oxygens (including phenoxy) is 1. The van der Waals surface area contributed by atoms with Gasteiger partial charge in [-0.2, -0.15) is 0 Å². The fraction of sp³-hybridized carbons (Fsp3) is 0.474. The molecule has 1 aliphatic carbocycles. The molecule has 0 spiro atoms. The topological polar surface area (TPSA) is 46.6 Å². The summed E-state index contributed by atoms with van der Waals surface area (Å²) >= 11 is 0. The van der Waals surface area contributed by atoms with Crippen LogP contribution in [0.25, 0.3) is 5.57 Å². The van der Waals surface area contributed by atoms with E-state index in [1.54, 1.807) is 0 Å². The van der Waals surface area contributed by atoms with E-state index in [-0.39, 0.29) is 24.0 Å². The molecule has 0 radical (unpaired) electrons. The lowest BCUT2D eigenvalue weighted by Crippen LogP contribution is -2.48. The second-order valence-corrected chi connectivity index (χ2v) is 6.85. The van der Waals surface area contributed by atoms with Gasteiger partial charge in [-0.3, -0.25) is 9.59 Å². The molecule has 23 heavy (non-hydrogen) atoms. The second kappa shape index (κ2) is 5.22.